The molecule has 1 N–H and O–H groups in total. The fraction of sp³-hybridized carbons (Fsp3) is 0.250. The predicted molar refractivity (Wildman–Crippen MR) is 69.5 cm³/mol. The SMILES string of the molecule is C=C(C)C(=C)O.C=CC(=O)OCC.C=CCl. The van der Waals surface area contributed by atoms with Gasteiger partial charge in [0, 0.05) is 6.08 Å². The highest BCUT2D eigenvalue weighted by atomic mass is 35.5. The van der Waals surface area contributed by atoms with Crippen LogP contribution < -0.4 is 0 Å². The Morgan fingerprint density at radius 1 is 1.44 bits per heavy atom. The summed E-state index contributed by atoms with van der Waals surface area (Å²) in [5.41, 5.74) is 1.84. The summed E-state index contributed by atoms with van der Waals surface area (Å²) in [5.74, 6) is -0.294. The standard InChI is InChI=1S/C5H8O2.C5H8O.C2H3Cl/c1-3-5(6)7-4-2;1-4(2)5(3)6;1-2-3/h3H,1,4H2,2H3;6H,1,3H2,2H3;2H,1H2. The van der Waals surface area contributed by atoms with Crippen LogP contribution in [0.15, 0.2) is 49.3 Å². The molecule has 0 aromatic heterocycles. The molecule has 92 valence electrons. The highest BCUT2D eigenvalue weighted by Gasteiger charge is 1.86. The third-order valence-corrected chi connectivity index (χ3v) is 0.946. The number of carbonyl (C=O) groups excluding carboxylic acids is 1. The Morgan fingerprint density at radius 2 is 1.75 bits per heavy atom. The van der Waals surface area contributed by atoms with Crippen molar-refractivity contribution in [2.45, 2.75) is 13.8 Å². The first kappa shape index (κ1) is 20.0. The predicted octanol–water partition coefficient (Wildman–Crippen LogP) is 3.74. The average Bonchev–Trinajstić information content (AvgIpc) is 2.20. The summed E-state index contributed by atoms with van der Waals surface area (Å²) in [6.45, 7) is 16.8. The summed E-state index contributed by atoms with van der Waals surface area (Å²) in [6.07, 6.45) is 1.14. The number of esters is 1. The molecule has 0 unspecified atom stereocenters. The van der Waals surface area contributed by atoms with E-state index in [2.05, 4.69) is 31.1 Å². The minimum Gasteiger partial charge on any atom is -0.508 e. The van der Waals surface area contributed by atoms with Crippen LogP contribution in [0.2, 0.25) is 0 Å². The van der Waals surface area contributed by atoms with E-state index in [1.807, 2.05) is 0 Å². The maximum Gasteiger partial charge on any atom is 0.330 e. The van der Waals surface area contributed by atoms with Gasteiger partial charge in [0.05, 0.1) is 6.61 Å². The Kier molecular flexibility index (Phi) is 20.0. The van der Waals surface area contributed by atoms with E-state index in [-0.39, 0.29) is 11.7 Å². The zero-order valence-corrected chi connectivity index (χ0v) is 10.6. The van der Waals surface area contributed by atoms with E-state index in [1.54, 1.807) is 13.8 Å². The van der Waals surface area contributed by atoms with E-state index >= 15 is 0 Å². The number of allylic oxidation sites excluding steroid dienone is 1. The average molecular weight is 247 g/mol. The third kappa shape index (κ3) is 29.4. The molecule has 0 aromatic rings. The lowest BCUT2D eigenvalue weighted by Crippen LogP contribution is -1.97. The second-order valence-electron chi connectivity index (χ2n) is 2.34. The van der Waals surface area contributed by atoms with Crippen molar-refractivity contribution in [1.29, 1.82) is 0 Å². The molecule has 0 bridgehead atoms. The van der Waals surface area contributed by atoms with Gasteiger partial charge in [-0.15, -0.1) is 0 Å². The summed E-state index contributed by atoms with van der Waals surface area (Å²) in [4.78, 5) is 10.1. The zero-order chi connectivity index (χ0) is 13.6. The highest BCUT2D eigenvalue weighted by molar-refractivity contribution is 6.25. The largest absolute Gasteiger partial charge is 0.508 e. The fourth-order valence-corrected chi connectivity index (χ4v) is 0.201. The second kappa shape index (κ2) is 16.0. The molecule has 4 heteroatoms. The van der Waals surface area contributed by atoms with E-state index in [0.29, 0.717) is 12.2 Å². The smallest absolute Gasteiger partial charge is 0.330 e. The van der Waals surface area contributed by atoms with Crippen LogP contribution in [-0.4, -0.2) is 17.7 Å². The Hall–Kier alpha value is -1.48. The molecule has 0 aliphatic rings. The zero-order valence-electron chi connectivity index (χ0n) is 9.83. The molecule has 0 amide bonds. The van der Waals surface area contributed by atoms with E-state index in [1.165, 1.54) is 5.54 Å². The van der Waals surface area contributed by atoms with Gasteiger partial charge >= 0.3 is 5.97 Å². The monoisotopic (exact) mass is 246 g/mol. The van der Waals surface area contributed by atoms with Crippen molar-refractivity contribution >= 4 is 17.6 Å². The minimum atomic E-state index is -0.359. The molecule has 0 aliphatic heterocycles. The van der Waals surface area contributed by atoms with E-state index in [9.17, 15) is 4.79 Å². The lowest BCUT2D eigenvalue weighted by molar-refractivity contribution is -0.137. The number of carbonyl (C=O) groups is 1. The number of ether oxygens (including phenoxy) is 1. The molecule has 16 heavy (non-hydrogen) atoms. The van der Waals surface area contributed by atoms with E-state index in [4.69, 9.17) is 16.7 Å². The van der Waals surface area contributed by atoms with Gasteiger partial charge in [0.1, 0.15) is 5.76 Å². The molecule has 0 rings (SSSR count). The number of aliphatic hydroxyl groups excluding tert-OH is 1. The molecule has 0 aliphatic carbocycles. The summed E-state index contributed by atoms with van der Waals surface area (Å²) in [5, 5.41) is 8.34. The van der Waals surface area contributed by atoms with Gasteiger partial charge in [-0.05, 0) is 25.0 Å². The fourth-order valence-electron chi connectivity index (χ4n) is 0.201. The number of rotatable bonds is 3. The van der Waals surface area contributed by atoms with Gasteiger partial charge in [0.2, 0.25) is 0 Å². The summed E-state index contributed by atoms with van der Waals surface area (Å²) >= 11 is 4.76. The van der Waals surface area contributed by atoms with Gasteiger partial charge in [0.15, 0.2) is 0 Å². The van der Waals surface area contributed by atoms with Crippen molar-refractivity contribution in [1.82, 2.24) is 0 Å². The van der Waals surface area contributed by atoms with Crippen LogP contribution in [0.5, 0.6) is 0 Å². The molecule has 0 radical (unpaired) electrons. The van der Waals surface area contributed by atoms with Gasteiger partial charge in [0.25, 0.3) is 0 Å². The summed E-state index contributed by atoms with van der Waals surface area (Å²) < 4.78 is 4.43. The van der Waals surface area contributed by atoms with Gasteiger partial charge in [-0.2, -0.15) is 0 Å². The minimum absolute atomic E-state index is 0.0648. The molecule has 0 atom stereocenters. The highest BCUT2D eigenvalue weighted by Crippen LogP contribution is 1.94. The summed E-state index contributed by atoms with van der Waals surface area (Å²) in [7, 11) is 0. The molecule has 0 aromatic carbocycles. The topological polar surface area (TPSA) is 46.5 Å². The number of halogens is 1. The summed E-state index contributed by atoms with van der Waals surface area (Å²) in [6, 6.07) is 0. The van der Waals surface area contributed by atoms with Crippen LogP contribution in [0.4, 0.5) is 0 Å². The molecule has 0 saturated carbocycles. The first-order valence-electron chi connectivity index (χ1n) is 4.41. The number of hydrogen-bond acceptors (Lipinski definition) is 3. The van der Waals surface area contributed by atoms with E-state index < -0.39 is 0 Å². The van der Waals surface area contributed by atoms with Crippen LogP contribution in [0.25, 0.3) is 0 Å². The molecule has 3 nitrogen and oxygen atoms in total. The van der Waals surface area contributed by atoms with Crippen molar-refractivity contribution in [3.05, 3.63) is 49.3 Å². The van der Waals surface area contributed by atoms with Crippen molar-refractivity contribution in [2.75, 3.05) is 6.61 Å². The van der Waals surface area contributed by atoms with Crippen LogP contribution in [0.3, 0.4) is 0 Å². The van der Waals surface area contributed by atoms with Crippen molar-refractivity contribution in [2.24, 2.45) is 0 Å². The number of aliphatic hydroxyl groups is 1. The third-order valence-electron chi connectivity index (χ3n) is 0.946. The lowest BCUT2D eigenvalue weighted by atomic mass is 10.3. The molecule has 0 fully saturated rings. The van der Waals surface area contributed by atoms with Crippen molar-refractivity contribution in [3.8, 4) is 0 Å². The van der Waals surface area contributed by atoms with Crippen molar-refractivity contribution < 1.29 is 14.6 Å². The Balaban J connectivity index is -0.000000172. The maximum absolute atomic E-state index is 10.1. The van der Waals surface area contributed by atoms with Crippen LogP contribution in [-0.2, 0) is 9.53 Å². The first-order chi connectivity index (χ1) is 7.37. The Bertz CT molecular complexity index is 233. The van der Waals surface area contributed by atoms with Gasteiger partial charge < -0.3 is 9.84 Å². The molecule has 0 saturated heterocycles. The van der Waals surface area contributed by atoms with E-state index in [0.717, 1.165) is 6.08 Å². The molecule has 0 heterocycles. The van der Waals surface area contributed by atoms with Gasteiger partial charge in [-0.1, -0.05) is 37.9 Å². The van der Waals surface area contributed by atoms with Crippen LogP contribution in [0, 0.1) is 0 Å². The quantitative estimate of drug-likeness (QED) is 0.357. The number of hydrogen-bond donors (Lipinski definition) is 1. The second-order valence-corrected chi connectivity index (χ2v) is 2.65. The molecular weight excluding hydrogens is 228 g/mol. The first-order valence-corrected chi connectivity index (χ1v) is 4.84. The Labute approximate surface area is 102 Å². The lowest BCUT2D eigenvalue weighted by Gasteiger charge is -1.90. The van der Waals surface area contributed by atoms with Gasteiger partial charge in [-0.25, -0.2) is 4.79 Å². The van der Waals surface area contributed by atoms with Crippen molar-refractivity contribution in [3.63, 3.8) is 0 Å². The maximum atomic E-state index is 10.1. The molecule has 0 spiro atoms. The van der Waals surface area contributed by atoms with Crippen LogP contribution in [0.1, 0.15) is 13.8 Å². The Morgan fingerprint density at radius 3 is 1.81 bits per heavy atom. The van der Waals surface area contributed by atoms with Crippen LogP contribution >= 0.6 is 11.6 Å². The molecular formula is C12H19ClO3. The van der Waals surface area contributed by atoms with Gasteiger partial charge in [-0.3, -0.25) is 0 Å². The normalized spacial score (nSPS) is 6.94.